The number of H-pyrrole nitrogens is 1. The highest BCUT2D eigenvalue weighted by Crippen LogP contribution is 2.45. The van der Waals surface area contributed by atoms with E-state index < -0.39 is 47.1 Å². The smallest absolute Gasteiger partial charge is 0.293 e. The molecule has 3 aromatic heterocycles. The molecule has 0 bridgehead atoms. The number of halogens is 2. The maximum absolute atomic E-state index is 16.0. The number of hydrogen-bond donors (Lipinski definition) is 3. The number of fused-ring (bicyclic) bond motifs is 2. The first kappa shape index (κ1) is 51.3. The first-order valence-corrected chi connectivity index (χ1v) is 27.9. The third-order valence-electron chi connectivity index (χ3n) is 13.5. The van der Waals surface area contributed by atoms with Gasteiger partial charge < -0.3 is 43.8 Å². The second-order valence-corrected chi connectivity index (χ2v) is 22.9. The van der Waals surface area contributed by atoms with E-state index in [2.05, 4.69) is 24.9 Å². The van der Waals surface area contributed by atoms with Crippen molar-refractivity contribution in [2.24, 2.45) is 0 Å². The van der Waals surface area contributed by atoms with Crippen LogP contribution in [0.2, 0.25) is 5.02 Å². The molecule has 392 valence electrons. The van der Waals surface area contributed by atoms with E-state index in [4.69, 9.17) is 25.8 Å². The first-order chi connectivity index (χ1) is 35.8. The largest absolute Gasteiger partial charge is 0.474 e. The van der Waals surface area contributed by atoms with Gasteiger partial charge in [0.05, 0.1) is 64.1 Å². The fourth-order valence-corrected chi connectivity index (χ4v) is 12.5. The van der Waals surface area contributed by atoms with Crippen LogP contribution in [0, 0.1) is 22.9 Å². The monoisotopic (exact) mass is 1080 g/mol. The minimum atomic E-state index is -4.68. The maximum atomic E-state index is 16.0. The summed E-state index contributed by atoms with van der Waals surface area (Å²) in [5.74, 6) is -1.22. The number of pyridine rings is 1. The van der Waals surface area contributed by atoms with Crippen LogP contribution in [-0.2, 0) is 29.3 Å². The third-order valence-corrected chi connectivity index (χ3v) is 16.4. The van der Waals surface area contributed by atoms with Crippen LogP contribution in [0.5, 0.6) is 5.88 Å². The number of rotatable bonds is 14. The van der Waals surface area contributed by atoms with E-state index in [1.54, 1.807) is 37.4 Å². The average molecular weight is 1080 g/mol. The summed E-state index contributed by atoms with van der Waals surface area (Å²) in [5.41, 5.74) is 4.97. The van der Waals surface area contributed by atoms with Gasteiger partial charge in [-0.1, -0.05) is 23.7 Å². The Morgan fingerprint density at radius 1 is 0.893 bits per heavy atom. The number of nitrogens with one attached hydrogen (secondary N) is 3. The lowest BCUT2D eigenvalue weighted by Crippen LogP contribution is -2.46. The molecule has 0 saturated carbocycles. The van der Waals surface area contributed by atoms with Crippen molar-refractivity contribution in [3.63, 3.8) is 0 Å². The van der Waals surface area contributed by atoms with Crippen LogP contribution in [0.15, 0.2) is 107 Å². The molecule has 4 aromatic carbocycles. The van der Waals surface area contributed by atoms with Gasteiger partial charge in [-0.15, -0.1) is 0 Å². The second-order valence-electron chi connectivity index (χ2n) is 18.8. The number of aromatic nitrogens is 3. The zero-order valence-corrected chi connectivity index (χ0v) is 43.7. The van der Waals surface area contributed by atoms with Crippen LogP contribution in [0.25, 0.3) is 33.4 Å². The summed E-state index contributed by atoms with van der Waals surface area (Å²) < 4.78 is 92.3. The van der Waals surface area contributed by atoms with Crippen molar-refractivity contribution in [1.29, 1.82) is 0 Å². The van der Waals surface area contributed by atoms with Gasteiger partial charge in [-0.25, -0.2) is 25.9 Å². The van der Waals surface area contributed by atoms with Gasteiger partial charge in [-0.3, -0.25) is 14.9 Å². The lowest BCUT2D eigenvalue weighted by atomic mass is 9.99. The molecular weight excluding hydrogens is 1030 g/mol. The Morgan fingerprint density at radius 2 is 1.64 bits per heavy atom. The van der Waals surface area contributed by atoms with E-state index in [0.717, 1.165) is 23.3 Å². The minimum absolute atomic E-state index is 0.00859. The number of carbonyl (C=O) groups excluding carboxylic acids is 1. The summed E-state index contributed by atoms with van der Waals surface area (Å²) in [6.45, 7) is 9.16. The van der Waals surface area contributed by atoms with Crippen molar-refractivity contribution >= 4 is 82.5 Å². The number of carbonyl (C=O) groups is 1. The summed E-state index contributed by atoms with van der Waals surface area (Å²) in [6, 6.07) is 23.7. The standard InChI is InChI=1S/C52H53ClFN9O10S2/c1-31(2)62-32(3)49(74(4,67)68)47(48(62)33-5-7-36(53)8-6-33)35-23-37(54)26-39(24-35)60-17-15-59(16-18-60)38-9-11-42(44(27-38)61-19-20-73-52-46(61)25-34-13-14-55-50(34)57-52)51(64)58-75(69,70)41-10-12-43(45(28-41)63(65)66)56-29-40-30-71-21-22-72-40/h5-14,23-28,31,40,56H,15-22,29-30H2,1-4H3,(H,55,57)(H,58,64)/t40-/m0/s1. The van der Waals surface area contributed by atoms with Gasteiger partial charge in [0, 0.05) is 90.3 Å². The van der Waals surface area contributed by atoms with Crippen LogP contribution in [-0.4, -0.2) is 120 Å². The Bertz CT molecular complexity index is 3600. The molecule has 23 heteroatoms. The molecule has 3 aliphatic rings. The molecule has 75 heavy (non-hydrogen) atoms. The van der Waals surface area contributed by atoms with Gasteiger partial charge in [0.15, 0.2) is 9.84 Å². The molecule has 1 amide bonds. The number of nitro groups is 1. The molecule has 2 fully saturated rings. The Balaban J connectivity index is 0.953. The minimum Gasteiger partial charge on any atom is -0.474 e. The molecule has 0 aliphatic carbocycles. The Kier molecular flexibility index (Phi) is 14.0. The summed E-state index contributed by atoms with van der Waals surface area (Å²) in [7, 11) is -8.50. The van der Waals surface area contributed by atoms with E-state index in [-0.39, 0.29) is 48.0 Å². The first-order valence-electron chi connectivity index (χ1n) is 24.2. The number of sulfone groups is 1. The molecule has 3 aliphatic heterocycles. The highest BCUT2D eigenvalue weighted by atomic mass is 35.5. The molecule has 0 spiro atoms. The van der Waals surface area contributed by atoms with Gasteiger partial charge in [-0.05, 0) is 105 Å². The predicted octanol–water partition coefficient (Wildman–Crippen LogP) is 8.50. The highest BCUT2D eigenvalue weighted by Gasteiger charge is 2.33. The molecule has 6 heterocycles. The zero-order chi connectivity index (χ0) is 52.9. The van der Waals surface area contributed by atoms with Crippen LogP contribution in [0.4, 0.5) is 38.5 Å². The topological polar surface area (TPSA) is 224 Å². The molecule has 2 saturated heterocycles. The van der Waals surface area contributed by atoms with E-state index in [1.807, 2.05) is 58.5 Å². The fourth-order valence-electron chi connectivity index (χ4n) is 10.2. The fraction of sp³-hybridized carbons (Fsp3) is 0.308. The number of nitro benzene ring substituents is 1. The molecule has 3 N–H and O–H groups in total. The number of amides is 1. The molecule has 0 unspecified atom stereocenters. The molecular formula is C52H53ClFN9O10S2. The molecule has 7 aromatic rings. The van der Waals surface area contributed by atoms with Crippen LogP contribution in [0.1, 0.15) is 35.9 Å². The number of benzene rings is 4. The summed E-state index contributed by atoms with van der Waals surface area (Å²) in [6.07, 6.45) is 2.54. The van der Waals surface area contributed by atoms with Crippen LogP contribution < -0.4 is 29.5 Å². The number of nitrogens with zero attached hydrogens (tertiary/aromatic N) is 6. The van der Waals surface area contributed by atoms with E-state index in [9.17, 15) is 31.7 Å². The second kappa shape index (κ2) is 20.5. The Morgan fingerprint density at radius 3 is 2.33 bits per heavy atom. The molecule has 10 rings (SSSR count). The number of piperazine rings is 1. The van der Waals surface area contributed by atoms with Crippen molar-refractivity contribution in [2.75, 3.05) is 92.0 Å². The van der Waals surface area contributed by atoms with Crippen molar-refractivity contribution in [3.05, 3.63) is 129 Å². The lowest BCUT2D eigenvalue weighted by molar-refractivity contribution is -0.384. The van der Waals surface area contributed by atoms with Gasteiger partial charge in [-0.2, -0.15) is 4.98 Å². The number of ether oxygens (including phenoxy) is 3. The normalized spacial score (nSPS) is 16.3. The molecule has 19 nitrogen and oxygen atoms in total. The van der Waals surface area contributed by atoms with Crippen LogP contribution in [0.3, 0.4) is 0 Å². The summed E-state index contributed by atoms with van der Waals surface area (Å²) in [4.78, 5) is 39.2. The predicted molar refractivity (Wildman–Crippen MR) is 285 cm³/mol. The summed E-state index contributed by atoms with van der Waals surface area (Å²) in [5, 5.41) is 16.4. The average Bonchev–Trinajstić information content (AvgIpc) is 4.00. The molecule has 1 atom stereocenters. The van der Waals surface area contributed by atoms with Crippen molar-refractivity contribution in [1.82, 2.24) is 19.3 Å². The highest BCUT2D eigenvalue weighted by molar-refractivity contribution is 7.91. The van der Waals surface area contributed by atoms with Gasteiger partial charge >= 0.3 is 0 Å². The van der Waals surface area contributed by atoms with Crippen molar-refractivity contribution < 1.29 is 45.2 Å². The number of aromatic amines is 1. The number of anilines is 5. The third kappa shape index (κ3) is 10.3. The quantitative estimate of drug-likeness (QED) is 0.0686. The van der Waals surface area contributed by atoms with Crippen molar-refractivity contribution in [2.45, 2.75) is 42.7 Å². The van der Waals surface area contributed by atoms with E-state index >= 15 is 4.39 Å². The number of hydrogen-bond acceptors (Lipinski definition) is 15. The maximum Gasteiger partial charge on any atom is 0.293 e. The number of sulfonamides is 1. The van der Waals surface area contributed by atoms with Crippen LogP contribution >= 0.6 is 11.6 Å². The SMILES string of the molecule is Cc1c(S(C)(=O)=O)c(-c2cc(F)cc(N3CCN(c4ccc(C(=O)NS(=O)(=O)c5ccc(NC[C@H]6COCCO6)c([N+](=O)[O-])c5)c(N5CCOc6nc7[nH]ccc7cc65)c4)CC3)c2)c(-c2ccc(Cl)cc2)n1C(C)C. The van der Waals surface area contributed by atoms with E-state index in [1.165, 1.54) is 30.3 Å². The van der Waals surface area contributed by atoms with Gasteiger partial charge in [0.1, 0.15) is 29.4 Å². The van der Waals surface area contributed by atoms with E-state index in [0.29, 0.717) is 108 Å². The van der Waals surface area contributed by atoms with Gasteiger partial charge in [0.25, 0.3) is 21.6 Å². The zero-order valence-electron chi connectivity index (χ0n) is 41.3. The molecule has 0 radical (unpaired) electrons. The Labute approximate surface area is 437 Å². The lowest BCUT2D eigenvalue weighted by Gasteiger charge is -2.38. The van der Waals surface area contributed by atoms with Crippen molar-refractivity contribution in [3.8, 4) is 28.3 Å². The van der Waals surface area contributed by atoms with Gasteiger partial charge in [0.2, 0.25) is 5.88 Å². The Hall–Kier alpha value is -7.24. The summed E-state index contributed by atoms with van der Waals surface area (Å²) >= 11 is 6.29.